The minimum Gasteiger partial charge on any atom is -0.508 e. The lowest BCUT2D eigenvalue weighted by Gasteiger charge is -2.26. The van der Waals surface area contributed by atoms with Crippen molar-refractivity contribution in [1.29, 1.82) is 0 Å². The summed E-state index contributed by atoms with van der Waals surface area (Å²) in [6, 6.07) is 7.42. The maximum absolute atomic E-state index is 9.42. The molecule has 0 bridgehead atoms. The highest BCUT2D eigenvalue weighted by molar-refractivity contribution is 5.28. The second-order valence-corrected chi connectivity index (χ2v) is 4.49. The third-order valence-corrected chi connectivity index (χ3v) is 2.79. The zero-order chi connectivity index (χ0) is 12.0. The largest absolute Gasteiger partial charge is 0.508 e. The van der Waals surface area contributed by atoms with Gasteiger partial charge in [-0.2, -0.15) is 0 Å². The van der Waals surface area contributed by atoms with Crippen LogP contribution in [0.4, 0.5) is 0 Å². The van der Waals surface area contributed by atoms with E-state index in [0.29, 0.717) is 5.75 Å². The summed E-state index contributed by atoms with van der Waals surface area (Å²) in [5.41, 5.74) is 1.17. The number of aromatic hydroxyl groups is 1. The molecule has 16 heavy (non-hydrogen) atoms. The van der Waals surface area contributed by atoms with Crippen molar-refractivity contribution in [2.45, 2.75) is 20.3 Å². The Kier molecular flexibility index (Phi) is 4.56. The molecule has 0 saturated heterocycles. The van der Waals surface area contributed by atoms with Crippen LogP contribution in [0.1, 0.15) is 19.4 Å². The van der Waals surface area contributed by atoms with Crippen LogP contribution >= 0.6 is 0 Å². The first-order chi connectivity index (χ1) is 7.59. The summed E-state index contributed by atoms with van der Waals surface area (Å²) in [7, 11) is 0. The Labute approximate surface area is 98.0 Å². The molecule has 0 radical (unpaired) electrons. The van der Waals surface area contributed by atoms with Crippen molar-refractivity contribution in [3.63, 3.8) is 0 Å². The normalized spacial score (nSPS) is 14.4. The van der Waals surface area contributed by atoms with Crippen LogP contribution in [-0.2, 0) is 6.42 Å². The number of phenolic OH excluding ortho intramolecular Hbond substituents is 1. The third-order valence-electron chi connectivity index (χ3n) is 2.79. The summed E-state index contributed by atoms with van der Waals surface area (Å²) in [4.78, 5) is 0. The fourth-order valence-electron chi connectivity index (χ4n) is 1.75. The highest BCUT2D eigenvalue weighted by Crippen LogP contribution is 2.24. The molecule has 1 aromatic rings. The molecular weight excluding hydrogens is 198 g/mol. The zero-order valence-corrected chi connectivity index (χ0v) is 10.2. The molecule has 0 aliphatic carbocycles. The average molecular weight is 219 g/mol. The van der Waals surface area contributed by atoms with Crippen LogP contribution in [0.5, 0.6) is 5.75 Å². The van der Waals surface area contributed by atoms with Crippen molar-refractivity contribution in [2.24, 2.45) is 5.41 Å². The molecule has 0 spiro atoms. The van der Waals surface area contributed by atoms with Gasteiger partial charge >= 0.3 is 0 Å². The standard InChI is InChI=1S/C14H21NO/c1-4-14(3,11-15-5-2)10-12-7-6-8-13(16)9-12/h4,6-9,15-16H,1,5,10-11H2,2-3H3. The van der Waals surface area contributed by atoms with Gasteiger partial charge in [0.15, 0.2) is 0 Å². The van der Waals surface area contributed by atoms with Gasteiger partial charge < -0.3 is 10.4 Å². The van der Waals surface area contributed by atoms with Crippen molar-refractivity contribution >= 4 is 0 Å². The molecular formula is C14H21NO. The zero-order valence-electron chi connectivity index (χ0n) is 10.2. The predicted octanol–water partition coefficient (Wildman–Crippen LogP) is 2.74. The van der Waals surface area contributed by atoms with Crippen molar-refractivity contribution in [3.8, 4) is 5.75 Å². The van der Waals surface area contributed by atoms with Gasteiger partial charge in [0.1, 0.15) is 5.75 Å². The van der Waals surface area contributed by atoms with Gasteiger partial charge in [0.05, 0.1) is 0 Å². The maximum atomic E-state index is 9.42. The summed E-state index contributed by atoms with van der Waals surface area (Å²) >= 11 is 0. The van der Waals surface area contributed by atoms with Crippen LogP contribution < -0.4 is 5.32 Å². The van der Waals surface area contributed by atoms with Gasteiger partial charge in [0, 0.05) is 12.0 Å². The molecule has 2 heteroatoms. The summed E-state index contributed by atoms with van der Waals surface area (Å²) in [6.07, 6.45) is 2.87. The topological polar surface area (TPSA) is 32.3 Å². The van der Waals surface area contributed by atoms with Gasteiger partial charge in [-0.15, -0.1) is 6.58 Å². The number of benzene rings is 1. The van der Waals surface area contributed by atoms with Gasteiger partial charge in [-0.05, 0) is 30.7 Å². The number of nitrogens with one attached hydrogen (secondary N) is 1. The molecule has 2 N–H and O–H groups in total. The van der Waals surface area contributed by atoms with Gasteiger partial charge in [-0.1, -0.05) is 32.1 Å². The lowest BCUT2D eigenvalue weighted by atomic mass is 9.83. The molecule has 1 atom stereocenters. The molecule has 0 saturated carbocycles. The number of hydrogen-bond acceptors (Lipinski definition) is 2. The minimum atomic E-state index is 0.0316. The van der Waals surface area contributed by atoms with Crippen LogP contribution in [0, 0.1) is 5.41 Å². The van der Waals surface area contributed by atoms with Gasteiger partial charge in [-0.25, -0.2) is 0 Å². The second kappa shape index (κ2) is 5.71. The van der Waals surface area contributed by atoms with Gasteiger partial charge in [0.25, 0.3) is 0 Å². The first kappa shape index (κ1) is 12.8. The van der Waals surface area contributed by atoms with Gasteiger partial charge in [0.2, 0.25) is 0 Å². The van der Waals surface area contributed by atoms with Crippen LogP contribution in [0.3, 0.4) is 0 Å². The molecule has 1 aromatic carbocycles. The number of hydrogen-bond donors (Lipinski definition) is 2. The highest BCUT2D eigenvalue weighted by atomic mass is 16.3. The lowest BCUT2D eigenvalue weighted by molar-refractivity contribution is 0.394. The summed E-state index contributed by atoms with van der Waals surface area (Å²) in [6.45, 7) is 10.0. The molecule has 88 valence electrons. The first-order valence-corrected chi connectivity index (χ1v) is 5.72. The van der Waals surface area contributed by atoms with E-state index in [4.69, 9.17) is 0 Å². The lowest BCUT2D eigenvalue weighted by Crippen LogP contribution is -2.31. The summed E-state index contributed by atoms with van der Waals surface area (Å²) in [5.74, 6) is 0.326. The van der Waals surface area contributed by atoms with Crippen molar-refractivity contribution in [3.05, 3.63) is 42.5 Å². The molecule has 2 nitrogen and oxygen atoms in total. The molecule has 0 aromatic heterocycles. The molecule has 1 rings (SSSR count). The monoisotopic (exact) mass is 219 g/mol. The third kappa shape index (κ3) is 3.70. The highest BCUT2D eigenvalue weighted by Gasteiger charge is 2.20. The molecule has 0 fully saturated rings. The SMILES string of the molecule is C=CC(C)(CNCC)Cc1cccc(O)c1. The Morgan fingerprint density at radius 3 is 2.81 bits per heavy atom. The second-order valence-electron chi connectivity index (χ2n) is 4.49. The van der Waals surface area contributed by atoms with E-state index in [1.807, 2.05) is 24.3 Å². The fraction of sp³-hybridized carbons (Fsp3) is 0.429. The van der Waals surface area contributed by atoms with Crippen LogP contribution in [-0.4, -0.2) is 18.2 Å². The number of rotatable bonds is 6. The Hall–Kier alpha value is -1.28. The molecule has 1 unspecified atom stereocenters. The smallest absolute Gasteiger partial charge is 0.115 e. The summed E-state index contributed by atoms with van der Waals surface area (Å²) in [5, 5.41) is 12.8. The van der Waals surface area contributed by atoms with E-state index < -0.39 is 0 Å². The predicted molar refractivity (Wildman–Crippen MR) is 68.7 cm³/mol. The van der Waals surface area contributed by atoms with Crippen molar-refractivity contribution in [1.82, 2.24) is 5.32 Å². The van der Waals surface area contributed by atoms with Gasteiger partial charge in [-0.3, -0.25) is 0 Å². The fourth-order valence-corrected chi connectivity index (χ4v) is 1.75. The van der Waals surface area contributed by atoms with E-state index in [-0.39, 0.29) is 5.41 Å². The maximum Gasteiger partial charge on any atom is 0.115 e. The number of phenols is 1. The minimum absolute atomic E-state index is 0.0316. The Balaban J connectivity index is 2.72. The molecule has 0 heterocycles. The van der Waals surface area contributed by atoms with E-state index in [0.717, 1.165) is 25.1 Å². The van der Waals surface area contributed by atoms with Crippen LogP contribution in [0.15, 0.2) is 36.9 Å². The van der Waals surface area contributed by atoms with E-state index >= 15 is 0 Å². The first-order valence-electron chi connectivity index (χ1n) is 5.72. The van der Waals surface area contributed by atoms with E-state index in [1.54, 1.807) is 6.07 Å². The Bertz CT molecular complexity index is 348. The van der Waals surface area contributed by atoms with E-state index in [1.165, 1.54) is 0 Å². The Morgan fingerprint density at radius 1 is 1.50 bits per heavy atom. The summed E-state index contributed by atoms with van der Waals surface area (Å²) < 4.78 is 0. The Morgan fingerprint density at radius 2 is 2.25 bits per heavy atom. The van der Waals surface area contributed by atoms with Crippen molar-refractivity contribution in [2.75, 3.05) is 13.1 Å². The van der Waals surface area contributed by atoms with E-state index in [9.17, 15) is 5.11 Å². The van der Waals surface area contributed by atoms with Crippen LogP contribution in [0.25, 0.3) is 0 Å². The quantitative estimate of drug-likeness (QED) is 0.721. The van der Waals surface area contributed by atoms with E-state index in [2.05, 4.69) is 25.7 Å². The molecule has 0 aliphatic rings. The van der Waals surface area contributed by atoms with Crippen LogP contribution in [0.2, 0.25) is 0 Å². The average Bonchev–Trinajstić information content (AvgIpc) is 2.26. The van der Waals surface area contributed by atoms with Crippen molar-refractivity contribution < 1.29 is 5.11 Å². The molecule has 0 amide bonds. The molecule has 0 aliphatic heterocycles.